The molecule has 3 rings (SSSR count). The fourth-order valence-corrected chi connectivity index (χ4v) is 3.79. The topological polar surface area (TPSA) is 85.6 Å². The summed E-state index contributed by atoms with van der Waals surface area (Å²) >= 11 is 12.7. The van der Waals surface area contributed by atoms with Crippen molar-refractivity contribution in [2.24, 2.45) is 0 Å². The molecule has 4 N–H and O–H groups in total. The molecule has 3 aromatic rings. The number of amides is 1. The Kier molecular flexibility index (Phi) is 8.22. The zero-order valence-electron chi connectivity index (χ0n) is 17.8. The highest BCUT2D eigenvalue weighted by atomic mass is 35.5. The number of hydrogen-bond acceptors (Lipinski definition) is 5. The molecule has 0 aromatic heterocycles. The predicted octanol–water partition coefficient (Wildman–Crippen LogP) is 4.70. The normalized spacial score (nSPS) is 11.6. The zero-order valence-corrected chi connectivity index (χ0v) is 19.3. The molecular weight excluding hydrogens is 449 g/mol. The van der Waals surface area contributed by atoms with Crippen molar-refractivity contribution >= 4 is 34.8 Å². The van der Waals surface area contributed by atoms with Crippen molar-refractivity contribution in [2.45, 2.75) is 6.04 Å². The highest BCUT2D eigenvalue weighted by Crippen LogP contribution is 2.33. The number of rotatable bonds is 9. The number of nitrogen functional groups attached to an aromatic ring is 1. The van der Waals surface area contributed by atoms with E-state index >= 15 is 0 Å². The van der Waals surface area contributed by atoms with Crippen molar-refractivity contribution in [3.63, 3.8) is 0 Å². The number of halogens is 2. The van der Waals surface area contributed by atoms with Gasteiger partial charge in [-0.3, -0.25) is 4.79 Å². The molecule has 0 spiro atoms. The Bertz CT molecular complexity index is 1090. The van der Waals surface area contributed by atoms with Gasteiger partial charge in [-0.1, -0.05) is 41.4 Å². The monoisotopic (exact) mass is 473 g/mol. The lowest BCUT2D eigenvalue weighted by molar-refractivity contribution is 0.0953. The first kappa shape index (κ1) is 23.7. The lowest BCUT2D eigenvalue weighted by atomic mass is 9.97. The Hall–Kier alpha value is -2.93. The van der Waals surface area contributed by atoms with Crippen LogP contribution in [0.25, 0.3) is 0 Å². The third kappa shape index (κ3) is 5.65. The lowest BCUT2D eigenvalue weighted by Gasteiger charge is -2.23. The Morgan fingerprint density at radius 1 is 0.938 bits per heavy atom. The van der Waals surface area contributed by atoms with Gasteiger partial charge in [0.2, 0.25) is 0 Å². The van der Waals surface area contributed by atoms with Crippen molar-refractivity contribution in [3.05, 3.63) is 87.4 Å². The maximum absolute atomic E-state index is 12.6. The molecule has 1 amide bonds. The Labute approximate surface area is 197 Å². The SMILES string of the molecule is COc1ccc(C(=O)NCCNC(c2cc(Cl)ccc2N)c2ccccc2Cl)cc1OC. The molecule has 0 saturated carbocycles. The summed E-state index contributed by atoms with van der Waals surface area (Å²) in [6.45, 7) is 0.857. The van der Waals surface area contributed by atoms with Crippen LogP contribution < -0.4 is 25.8 Å². The molecule has 0 fully saturated rings. The second kappa shape index (κ2) is 11.1. The summed E-state index contributed by atoms with van der Waals surface area (Å²) in [6.07, 6.45) is 0. The van der Waals surface area contributed by atoms with Crippen LogP contribution in [0.2, 0.25) is 10.0 Å². The highest BCUT2D eigenvalue weighted by molar-refractivity contribution is 6.31. The summed E-state index contributed by atoms with van der Waals surface area (Å²) in [5, 5.41) is 7.51. The number of methoxy groups -OCH3 is 2. The van der Waals surface area contributed by atoms with Gasteiger partial charge in [-0.25, -0.2) is 0 Å². The van der Waals surface area contributed by atoms with Crippen molar-refractivity contribution in [1.82, 2.24) is 10.6 Å². The largest absolute Gasteiger partial charge is 0.493 e. The number of hydrogen-bond donors (Lipinski definition) is 3. The van der Waals surface area contributed by atoms with Gasteiger partial charge in [-0.2, -0.15) is 0 Å². The van der Waals surface area contributed by atoms with Crippen LogP contribution in [0.3, 0.4) is 0 Å². The summed E-state index contributed by atoms with van der Waals surface area (Å²) in [4.78, 5) is 12.6. The van der Waals surface area contributed by atoms with E-state index in [0.29, 0.717) is 45.9 Å². The third-order valence-electron chi connectivity index (χ3n) is 4.98. The molecule has 0 heterocycles. The molecule has 6 nitrogen and oxygen atoms in total. The summed E-state index contributed by atoms with van der Waals surface area (Å²) < 4.78 is 10.5. The number of nitrogens with two attached hydrogens (primary N) is 1. The lowest BCUT2D eigenvalue weighted by Crippen LogP contribution is -2.34. The van der Waals surface area contributed by atoms with Gasteiger partial charge in [0.1, 0.15) is 0 Å². The van der Waals surface area contributed by atoms with Gasteiger partial charge in [0.25, 0.3) is 5.91 Å². The molecule has 0 radical (unpaired) electrons. The van der Waals surface area contributed by atoms with Crippen LogP contribution in [-0.2, 0) is 0 Å². The van der Waals surface area contributed by atoms with Crippen molar-refractivity contribution in [2.75, 3.05) is 33.0 Å². The predicted molar refractivity (Wildman–Crippen MR) is 129 cm³/mol. The number of ether oxygens (including phenoxy) is 2. The molecule has 0 bridgehead atoms. The number of anilines is 1. The molecule has 0 aliphatic rings. The van der Waals surface area contributed by atoms with Crippen LogP contribution in [0.5, 0.6) is 11.5 Å². The maximum Gasteiger partial charge on any atom is 0.251 e. The first-order valence-electron chi connectivity index (χ1n) is 9.97. The minimum Gasteiger partial charge on any atom is -0.493 e. The minimum atomic E-state index is -0.291. The van der Waals surface area contributed by atoms with Crippen molar-refractivity contribution in [3.8, 4) is 11.5 Å². The van der Waals surface area contributed by atoms with Gasteiger partial charge in [-0.15, -0.1) is 0 Å². The maximum atomic E-state index is 12.6. The first-order chi connectivity index (χ1) is 15.4. The molecule has 1 atom stereocenters. The van der Waals surface area contributed by atoms with Gasteiger partial charge in [0.05, 0.1) is 20.3 Å². The number of carbonyl (C=O) groups excluding carboxylic acids is 1. The fraction of sp³-hybridized carbons (Fsp3) is 0.208. The van der Waals surface area contributed by atoms with Crippen LogP contribution in [0, 0.1) is 0 Å². The van der Waals surface area contributed by atoms with Crippen molar-refractivity contribution in [1.29, 1.82) is 0 Å². The summed E-state index contributed by atoms with van der Waals surface area (Å²) in [5.74, 6) is 0.838. The standard InChI is InChI=1S/C24H25Cl2N3O3/c1-31-21-10-7-15(13-22(21)32-2)24(30)29-12-11-28-23(17-5-3-4-6-19(17)26)18-14-16(25)8-9-20(18)27/h3-10,13-14,23,28H,11-12,27H2,1-2H3,(H,29,30). The minimum absolute atomic E-state index is 0.218. The second-order valence-corrected chi connectivity index (χ2v) is 7.85. The highest BCUT2D eigenvalue weighted by Gasteiger charge is 2.19. The molecule has 0 saturated heterocycles. The molecule has 1 unspecified atom stereocenters. The van der Waals surface area contributed by atoms with E-state index in [9.17, 15) is 4.79 Å². The Morgan fingerprint density at radius 3 is 2.41 bits per heavy atom. The van der Waals surface area contributed by atoms with Crippen LogP contribution in [-0.4, -0.2) is 33.2 Å². The van der Waals surface area contributed by atoms with Crippen LogP contribution in [0.4, 0.5) is 5.69 Å². The van der Waals surface area contributed by atoms with Crippen LogP contribution in [0.15, 0.2) is 60.7 Å². The average Bonchev–Trinajstić information content (AvgIpc) is 2.81. The Balaban J connectivity index is 1.70. The molecule has 3 aromatic carbocycles. The van der Waals surface area contributed by atoms with E-state index in [4.69, 9.17) is 38.4 Å². The van der Waals surface area contributed by atoms with Gasteiger partial charge in [-0.05, 0) is 53.6 Å². The summed E-state index contributed by atoms with van der Waals surface area (Å²) in [5.41, 5.74) is 8.98. The van der Waals surface area contributed by atoms with E-state index in [1.54, 1.807) is 37.4 Å². The summed E-state index contributed by atoms with van der Waals surface area (Å²) in [7, 11) is 3.07. The van der Waals surface area contributed by atoms with E-state index in [1.807, 2.05) is 30.3 Å². The molecule has 168 valence electrons. The fourth-order valence-electron chi connectivity index (χ4n) is 3.36. The second-order valence-electron chi connectivity index (χ2n) is 7.01. The Morgan fingerprint density at radius 2 is 1.69 bits per heavy atom. The van der Waals surface area contributed by atoms with Crippen LogP contribution in [0.1, 0.15) is 27.5 Å². The molecular formula is C24H25Cl2N3O3. The smallest absolute Gasteiger partial charge is 0.251 e. The van der Waals surface area contributed by atoms with Gasteiger partial charge in [0, 0.05) is 34.4 Å². The van der Waals surface area contributed by atoms with E-state index in [1.165, 1.54) is 7.11 Å². The number of nitrogens with one attached hydrogen (secondary N) is 2. The zero-order chi connectivity index (χ0) is 23.1. The molecule has 0 aliphatic carbocycles. The van der Waals surface area contributed by atoms with Crippen LogP contribution >= 0.6 is 23.2 Å². The third-order valence-corrected chi connectivity index (χ3v) is 5.56. The van der Waals surface area contributed by atoms with Crippen molar-refractivity contribution < 1.29 is 14.3 Å². The number of benzene rings is 3. The molecule has 0 aliphatic heterocycles. The number of carbonyl (C=O) groups is 1. The van der Waals surface area contributed by atoms with E-state index in [-0.39, 0.29) is 11.9 Å². The van der Waals surface area contributed by atoms with Gasteiger partial charge >= 0.3 is 0 Å². The average molecular weight is 474 g/mol. The quantitative estimate of drug-likeness (QED) is 0.309. The molecule has 32 heavy (non-hydrogen) atoms. The van der Waals surface area contributed by atoms with Gasteiger partial charge in [0.15, 0.2) is 11.5 Å². The van der Waals surface area contributed by atoms with Gasteiger partial charge < -0.3 is 25.8 Å². The first-order valence-corrected chi connectivity index (χ1v) is 10.7. The van der Waals surface area contributed by atoms with E-state index in [0.717, 1.165) is 11.1 Å². The van der Waals surface area contributed by atoms with E-state index < -0.39 is 0 Å². The summed E-state index contributed by atoms with van der Waals surface area (Å²) in [6, 6.07) is 17.6. The van der Waals surface area contributed by atoms with E-state index in [2.05, 4.69) is 10.6 Å². The molecule has 8 heteroatoms.